The highest BCUT2D eigenvalue weighted by Crippen LogP contribution is 2.09. The molecule has 2 amide bonds. The Morgan fingerprint density at radius 2 is 2.00 bits per heavy atom. The summed E-state index contributed by atoms with van der Waals surface area (Å²) in [6.07, 6.45) is 0. The Bertz CT molecular complexity index is 403. The highest BCUT2D eigenvalue weighted by Gasteiger charge is 2.30. The van der Waals surface area contributed by atoms with E-state index in [1.165, 1.54) is 4.90 Å². The topological polar surface area (TPSA) is 49.4 Å². The highest BCUT2D eigenvalue weighted by atomic mass is 16.2. The first-order chi connectivity index (χ1) is 7.68. The fraction of sp³-hybridized carbons (Fsp3) is 0.333. The zero-order chi connectivity index (χ0) is 11.5. The predicted molar refractivity (Wildman–Crippen MR) is 59.5 cm³/mol. The van der Waals surface area contributed by atoms with Crippen LogP contribution in [0.3, 0.4) is 0 Å². The molecule has 84 valence electrons. The molecule has 1 N–H and O–H groups in total. The fourth-order valence-electron chi connectivity index (χ4n) is 1.71. The molecule has 0 bridgehead atoms. The number of nitrogens with zero attached hydrogens (tertiary/aromatic N) is 1. The molecule has 0 spiro atoms. The molecule has 1 aromatic rings. The summed E-state index contributed by atoms with van der Waals surface area (Å²) >= 11 is 0. The number of amides is 2. The molecule has 1 unspecified atom stereocenters. The van der Waals surface area contributed by atoms with E-state index in [1.54, 1.807) is 6.92 Å². The molecule has 1 aromatic carbocycles. The van der Waals surface area contributed by atoms with Gasteiger partial charge >= 0.3 is 0 Å². The summed E-state index contributed by atoms with van der Waals surface area (Å²) in [5, 5.41) is 2.86. The molecule has 1 fully saturated rings. The van der Waals surface area contributed by atoms with Crippen LogP contribution in [0.25, 0.3) is 0 Å². The summed E-state index contributed by atoms with van der Waals surface area (Å²) in [5.41, 5.74) is 0.971. The first-order valence-corrected chi connectivity index (χ1v) is 5.30. The van der Waals surface area contributed by atoms with Gasteiger partial charge in [-0.3, -0.25) is 19.8 Å². The van der Waals surface area contributed by atoms with Crippen LogP contribution in [-0.4, -0.2) is 29.3 Å². The third kappa shape index (κ3) is 2.12. The largest absolute Gasteiger partial charge is 0.298 e. The summed E-state index contributed by atoms with van der Waals surface area (Å²) in [4.78, 5) is 24.7. The summed E-state index contributed by atoms with van der Waals surface area (Å²) in [5.74, 6) is -0.313. The Labute approximate surface area is 94.2 Å². The van der Waals surface area contributed by atoms with Gasteiger partial charge in [-0.1, -0.05) is 30.3 Å². The zero-order valence-electron chi connectivity index (χ0n) is 9.14. The second-order valence-electron chi connectivity index (χ2n) is 3.91. The molecule has 4 nitrogen and oxygen atoms in total. The first kappa shape index (κ1) is 10.8. The number of piperazine rings is 1. The molecule has 1 atom stereocenters. The van der Waals surface area contributed by atoms with E-state index >= 15 is 0 Å². The molecule has 1 aliphatic rings. The van der Waals surface area contributed by atoms with Gasteiger partial charge in [-0.25, -0.2) is 0 Å². The number of hydrogen-bond acceptors (Lipinski definition) is 3. The van der Waals surface area contributed by atoms with Gasteiger partial charge in [0.2, 0.25) is 11.8 Å². The predicted octanol–water partition coefficient (Wildman–Crippen LogP) is 0.533. The maximum atomic E-state index is 11.8. The average Bonchev–Trinajstić information content (AvgIpc) is 2.31. The van der Waals surface area contributed by atoms with Crippen molar-refractivity contribution in [1.82, 2.24) is 10.2 Å². The fourth-order valence-corrected chi connectivity index (χ4v) is 1.71. The number of carbonyl (C=O) groups is 2. The Morgan fingerprint density at radius 1 is 1.31 bits per heavy atom. The van der Waals surface area contributed by atoms with Crippen LogP contribution in [0.5, 0.6) is 0 Å². The minimum Gasteiger partial charge on any atom is -0.298 e. The second kappa shape index (κ2) is 4.45. The first-order valence-electron chi connectivity index (χ1n) is 5.30. The number of carbonyl (C=O) groups excluding carboxylic acids is 2. The van der Waals surface area contributed by atoms with Crippen molar-refractivity contribution in [1.29, 1.82) is 0 Å². The number of hydrogen-bond donors (Lipinski definition) is 1. The van der Waals surface area contributed by atoms with Gasteiger partial charge in [-0.05, 0) is 12.5 Å². The molecule has 16 heavy (non-hydrogen) atoms. The smallest absolute Gasteiger partial charge is 0.246 e. The lowest BCUT2D eigenvalue weighted by molar-refractivity contribution is -0.149. The van der Waals surface area contributed by atoms with Crippen molar-refractivity contribution in [2.24, 2.45) is 0 Å². The summed E-state index contributed by atoms with van der Waals surface area (Å²) in [6.45, 7) is 2.37. The Morgan fingerprint density at radius 3 is 2.69 bits per heavy atom. The molecule has 0 aliphatic carbocycles. The quantitative estimate of drug-likeness (QED) is 0.737. The van der Waals surface area contributed by atoms with Crippen molar-refractivity contribution in [3.05, 3.63) is 35.9 Å². The molecule has 1 saturated heterocycles. The Balaban J connectivity index is 2.13. The van der Waals surface area contributed by atoms with Gasteiger partial charge < -0.3 is 0 Å². The van der Waals surface area contributed by atoms with Crippen molar-refractivity contribution in [3.8, 4) is 0 Å². The van der Waals surface area contributed by atoms with Crippen LogP contribution < -0.4 is 5.32 Å². The number of imide groups is 1. The van der Waals surface area contributed by atoms with E-state index in [4.69, 9.17) is 0 Å². The van der Waals surface area contributed by atoms with Gasteiger partial charge in [-0.15, -0.1) is 0 Å². The van der Waals surface area contributed by atoms with E-state index < -0.39 is 0 Å². The second-order valence-corrected chi connectivity index (χ2v) is 3.91. The third-order valence-corrected chi connectivity index (χ3v) is 2.68. The monoisotopic (exact) mass is 218 g/mol. The van der Waals surface area contributed by atoms with Crippen LogP contribution >= 0.6 is 0 Å². The molecule has 1 heterocycles. The van der Waals surface area contributed by atoms with E-state index in [9.17, 15) is 9.59 Å². The molecule has 1 aliphatic heterocycles. The lowest BCUT2D eigenvalue weighted by Gasteiger charge is -2.29. The SMILES string of the molecule is CC1NCC(=O)N(Cc2ccccc2)C1=O. The van der Waals surface area contributed by atoms with Crippen LogP contribution in [0.2, 0.25) is 0 Å². The van der Waals surface area contributed by atoms with Crippen LogP contribution in [0.4, 0.5) is 0 Å². The van der Waals surface area contributed by atoms with Crippen LogP contribution in [0.15, 0.2) is 30.3 Å². The normalized spacial score (nSPS) is 21.3. The molecular weight excluding hydrogens is 204 g/mol. The Hall–Kier alpha value is -1.68. The molecule has 2 rings (SSSR count). The number of benzene rings is 1. The van der Waals surface area contributed by atoms with Crippen LogP contribution in [-0.2, 0) is 16.1 Å². The summed E-state index contributed by atoms with van der Waals surface area (Å²) in [6, 6.07) is 9.25. The molecule has 0 saturated carbocycles. The minimum absolute atomic E-state index is 0.153. The van der Waals surface area contributed by atoms with Crippen molar-refractivity contribution in [2.45, 2.75) is 19.5 Å². The lowest BCUT2D eigenvalue weighted by atomic mass is 10.1. The van der Waals surface area contributed by atoms with Crippen molar-refractivity contribution >= 4 is 11.8 Å². The van der Waals surface area contributed by atoms with Crippen molar-refractivity contribution < 1.29 is 9.59 Å². The standard InChI is InChI=1S/C12H14N2O2/c1-9-12(16)14(11(15)7-13-9)8-10-5-3-2-4-6-10/h2-6,9,13H,7-8H2,1H3. The van der Waals surface area contributed by atoms with Crippen molar-refractivity contribution in [2.75, 3.05) is 6.54 Å². The molecular formula is C12H14N2O2. The third-order valence-electron chi connectivity index (χ3n) is 2.68. The minimum atomic E-state index is -0.276. The van der Waals surface area contributed by atoms with E-state index in [1.807, 2.05) is 30.3 Å². The maximum Gasteiger partial charge on any atom is 0.246 e. The van der Waals surface area contributed by atoms with E-state index in [-0.39, 0.29) is 24.4 Å². The lowest BCUT2D eigenvalue weighted by Crippen LogP contribution is -2.56. The van der Waals surface area contributed by atoms with Gasteiger partial charge in [0, 0.05) is 0 Å². The average molecular weight is 218 g/mol. The van der Waals surface area contributed by atoms with Crippen molar-refractivity contribution in [3.63, 3.8) is 0 Å². The van der Waals surface area contributed by atoms with E-state index in [0.29, 0.717) is 6.54 Å². The summed E-state index contributed by atoms with van der Waals surface area (Å²) < 4.78 is 0. The molecule has 0 radical (unpaired) electrons. The van der Waals surface area contributed by atoms with Gasteiger partial charge in [0.05, 0.1) is 19.1 Å². The number of rotatable bonds is 2. The van der Waals surface area contributed by atoms with Gasteiger partial charge in [0.1, 0.15) is 0 Å². The molecule has 0 aromatic heterocycles. The Kier molecular flexibility index (Phi) is 3.01. The van der Waals surface area contributed by atoms with Crippen LogP contribution in [0.1, 0.15) is 12.5 Å². The van der Waals surface area contributed by atoms with Gasteiger partial charge in [0.25, 0.3) is 0 Å². The van der Waals surface area contributed by atoms with Gasteiger partial charge in [0.15, 0.2) is 0 Å². The van der Waals surface area contributed by atoms with E-state index in [0.717, 1.165) is 5.56 Å². The summed E-state index contributed by atoms with van der Waals surface area (Å²) in [7, 11) is 0. The van der Waals surface area contributed by atoms with Crippen LogP contribution in [0, 0.1) is 0 Å². The van der Waals surface area contributed by atoms with E-state index in [2.05, 4.69) is 5.32 Å². The zero-order valence-corrected chi connectivity index (χ0v) is 9.14. The highest BCUT2D eigenvalue weighted by molar-refractivity contribution is 6.00. The number of nitrogens with one attached hydrogen (secondary N) is 1. The molecule has 4 heteroatoms. The maximum absolute atomic E-state index is 11.8. The van der Waals surface area contributed by atoms with Gasteiger partial charge in [-0.2, -0.15) is 0 Å².